The Labute approximate surface area is 127 Å². The zero-order valence-electron chi connectivity index (χ0n) is 11.7. The Balaban J connectivity index is 1.84. The first-order valence-electron chi connectivity index (χ1n) is 6.51. The Hall–Kier alpha value is -1.17. The first-order chi connectivity index (χ1) is 9.47. The molecular weight excluding hydrogens is 290 g/mol. The number of carboxylic acids is 1. The van der Waals surface area contributed by atoms with Gasteiger partial charge in [0.2, 0.25) is 0 Å². The molecule has 0 amide bonds. The van der Waals surface area contributed by atoms with Crippen molar-refractivity contribution in [3.8, 4) is 0 Å². The van der Waals surface area contributed by atoms with Crippen molar-refractivity contribution in [2.45, 2.75) is 32.2 Å². The van der Waals surface area contributed by atoms with Gasteiger partial charge in [-0.1, -0.05) is 19.9 Å². The average molecular weight is 309 g/mol. The van der Waals surface area contributed by atoms with E-state index >= 15 is 0 Å². The molecule has 0 radical (unpaired) electrons. The van der Waals surface area contributed by atoms with E-state index in [1.807, 2.05) is 12.1 Å². The summed E-state index contributed by atoms with van der Waals surface area (Å²) in [5, 5.41) is 14.3. The minimum absolute atomic E-state index is 0.116. The maximum absolute atomic E-state index is 10.6. The van der Waals surface area contributed by atoms with Crippen molar-refractivity contribution >= 4 is 28.6 Å². The van der Waals surface area contributed by atoms with Crippen LogP contribution in [0.2, 0.25) is 0 Å². The number of rotatable bonds is 7. The van der Waals surface area contributed by atoms with E-state index in [4.69, 9.17) is 5.11 Å². The topological polar surface area (TPSA) is 49.3 Å². The fraction of sp³-hybridized carbons (Fsp3) is 0.400. The lowest BCUT2D eigenvalue weighted by Crippen LogP contribution is -2.31. The summed E-state index contributed by atoms with van der Waals surface area (Å²) in [4.78, 5) is 14.1. The summed E-state index contributed by atoms with van der Waals surface area (Å²) < 4.78 is 0. The lowest BCUT2D eigenvalue weighted by molar-refractivity contribution is -0.136. The van der Waals surface area contributed by atoms with Gasteiger partial charge in [-0.2, -0.15) is 0 Å². The molecule has 0 saturated heterocycles. The van der Waals surface area contributed by atoms with Gasteiger partial charge < -0.3 is 10.4 Å². The maximum Gasteiger partial charge on any atom is 0.308 e. The standard InChI is InChI=1S/C15H19NO2S2/c1-15(2,13-4-3-7-19-13)10-16-9-12-6-5-11(20-12)8-14(17)18/h3-7,16H,8-10H2,1-2H3,(H,17,18). The Kier molecular flexibility index (Phi) is 4.96. The predicted octanol–water partition coefficient (Wildman–Crippen LogP) is 3.50. The Bertz CT molecular complexity index is 558. The monoisotopic (exact) mass is 309 g/mol. The number of carbonyl (C=O) groups is 1. The summed E-state index contributed by atoms with van der Waals surface area (Å²) in [6.45, 7) is 6.16. The van der Waals surface area contributed by atoms with Crippen LogP contribution < -0.4 is 5.32 Å². The van der Waals surface area contributed by atoms with Crippen molar-refractivity contribution < 1.29 is 9.90 Å². The maximum atomic E-state index is 10.6. The average Bonchev–Trinajstić information content (AvgIpc) is 2.99. The number of nitrogens with one attached hydrogen (secondary N) is 1. The smallest absolute Gasteiger partial charge is 0.308 e. The molecule has 20 heavy (non-hydrogen) atoms. The van der Waals surface area contributed by atoms with Gasteiger partial charge in [0.25, 0.3) is 0 Å². The fourth-order valence-electron chi connectivity index (χ4n) is 2.01. The van der Waals surface area contributed by atoms with Crippen molar-refractivity contribution in [1.29, 1.82) is 0 Å². The molecule has 2 aromatic rings. The minimum Gasteiger partial charge on any atom is -0.481 e. The minimum atomic E-state index is -0.773. The van der Waals surface area contributed by atoms with Gasteiger partial charge in [-0.3, -0.25) is 4.79 Å². The van der Waals surface area contributed by atoms with Crippen LogP contribution in [0.1, 0.15) is 28.5 Å². The lowest BCUT2D eigenvalue weighted by atomic mass is 9.91. The van der Waals surface area contributed by atoms with E-state index in [1.54, 1.807) is 22.7 Å². The van der Waals surface area contributed by atoms with Crippen LogP contribution >= 0.6 is 22.7 Å². The molecule has 2 aromatic heterocycles. The third-order valence-corrected chi connectivity index (χ3v) is 5.42. The van der Waals surface area contributed by atoms with Crippen LogP contribution in [0.3, 0.4) is 0 Å². The van der Waals surface area contributed by atoms with Crippen molar-refractivity contribution in [3.05, 3.63) is 44.3 Å². The number of thiophene rings is 2. The van der Waals surface area contributed by atoms with Crippen molar-refractivity contribution in [3.63, 3.8) is 0 Å². The molecule has 0 fully saturated rings. The van der Waals surface area contributed by atoms with E-state index in [0.717, 1.165) is 18.0 Å². The van der Waals surface area contributed by atoms with Gasteiger partial charge in [0.1, 0.15) is 0 Å². The zero-order valence-corrected chi connectivity index (χ0v) is 13.3. The fourth-order valence-corrected chi connectivity index (χ4v) is 3.84. The van der Waals surface area contributed by atoms with E-state index in [0.29, 0.717) is 0 Å². The third kappa shape index (κ3) is 4.16. The van der Waals surface area contributed by atoms with Gasteiger partial charge in [-0.05, 0) is 23.6 Å². The Morgan fingerprint density at radius 3 is 2.70 bits per heavy atom. The molecular formula is C15H19NO2S2. The molecule has 0 aliphatic heterocycles. The first-order valence-corrected chi connectivity index (χ1v) is 8.21. The molecule has 2 N–H and O–H groups in total. The molecule has 0 atom stereocenters. The predicted molar refractivity (Wildman–Crippen MR) is 84.7 cm³/mol. The SMILES string of the molecule is CC(C)(CNCc1ccc(CC(=O)O)s1)c1cccs1. The van der Waals surface area contributed by atoms with Crippen LogP contribution in [-0.4, -0.2) is 17.6 Å². The summed E-state index contributed by atoms with van der Waals surface area (Å²) in [6.07, 6.45) is 0.116. The summed E-state index contributed by atoms with van der Waals surface area (Å²) in [5.74, 6) is -0.773. The van der Waals surface area contributed by atoms with Gasteiger partial charge >= 0.3 is 5.97 Å². The number of carboxylic acid groups (broad SMARTS) is 1. The van der Waals surface area contributed by atoms with Crippen LogP contribution in [0.4, 0.5) is 0 Å². The Morgan fingerprint density at radius 2 is 2.05 bits per heavy atom. The van der Waals surface area contributed by atoms with Crippen molar-refractivity contribution in [2.75, 3.05) is 6.54 Å². The summed E-state index contributed by atoms with van der Waals surface area (Å²) in [6, 6.07) is 8.16. The van der Waals surface area contributed by atoms with E-state index in [9.17, 15) is 4.79 Å². The van der Waals surface area contributed by atoms with Gasteiger partial charge in [0, 0.05) is 33.1 Å². The summed E-state index contributed by atoms with van der Waals surface area (Å²) in [5.41, 5.74) is 0.120. The quantitative estimate of drug-likeness (QED) is 0.823. The van der Waals surface area contributed by atoms with Crippen molar-refractivity contribution in [2.24, 2.45) is 0 Å². The summed E-state index contributed by atoms with van der Waals surface area (Å²) >= 11 is 3.35. The van der Waals surface area contributed by atoms with Crippen LogP contribution in [0.15, 0.2) is 29.6 Å². The highest BCUT2D eigenvalue weighted by molar-refractivity contribution is 7.12. The highest BCUT2D eigenvalue weighted by Crippen LogP contribution is 2.27. The summed E-state index contributed by atoms with van der Waals surface area (Å²) in [7, 11) is 0. The van der Waals surface area contributed by atoms with E-state index in [-0.39, 0.29) is 11.8 Å². The molecule has 0 spiro atoms. The number of aliphatic carboxylic acids is 1. The van der Waals surface area contributed by atoms with Crippen LogP contribution in [0.5, 0.6) is 0 Å². The third-order valence-electron chi connectivity index (χ3n) is 3.10. The Morgan fingerprint density at radius 1 is 1.30 bits per heavy atom. The molecule has 0 aliphatic rings. The van der Waals surface area contributed by atoms with E-state index in [1.165, 1.54) is 9.75 Å². The molecule has 108 valence electrons. The second-order valence-corrected chi connectivity index (χ2v) is 7.60. The molecule has 2 heterocycles. The van der Waals surface area contributed by atoms with Gasteiger partial charge in [0.05, 0.1) is 6.42 Å². The van der Waals surface area contributed by atoms with E-state index < -0.39 is 5.97 Å². The normalized spacial score (nSPS) is 11.7. The van der Waals surface area contributed by atoms with E-state index in [2.05, 4.69) is 36.7 Å². The highest BCUT2D eigenvalue weighted by Gasteiger charge is 2.21. The molecule has 3 nitrogen and oxygen atoms in total. The molecule has 5 heteroatoms. The highest BCUT2D eigenvalue weighted by atomic mass is 32.1. The lowest BCUT2D eigenvalue weighted by Gasteiger charge is -2.23. The molecule has 0 aliphatic carbocycles. The second kappa shape index (κ2) is 6.52. The molecule has 2 rings (SSSR count). The molecule has 0 unspecified atom stereocenters. The number of hydrogen-bond donors (Lipinski definition) is 2. The zero-order chi connectivity index (χ0) is 14.6. The van der Waals surface area contributed by atoms with Gasteiger partial charge in [-0.25, -0.2) is 0 Å². The molecule has 0 aromatic carbocycles. The van der Waals surface area contributed by atoms with Gasteiger partial charge in [0.15, 0.2) is 0 Å². The largest absolute Gasteiger partial charge is 0.481 e. The second-order valence-electron chi connectivity index (χ2n) is 5.40. The van der Waals surface area contributed by atoms with Crippen molar-refractivity contribution in [1.82, 2.24) is 5.32 Å². The van der Waals surface area contributed by atoms with Gasteiger partial charge in [-0.15, -0.1) is 22.7 Å². The van der Waals surface area contributed by atoms with Crippen LogP contribution in [0.25, 0.3) is 0 Å². The van der Waals surface area contributed by atoms with Crippen LogP contribution in [0, 0.1) is 0 Å². The number of hydrogen-bond acceptors (Lipinski definition) is 4. The molecule has 0 bridgehead atoms. The van der Waals surface area contributed by atoms with Crippen LogP contribution in [-0.2, 0) is 23.2 Å². The first kappa shape index (κ1) is 15.2. The molecule has 0 saturated carbocycles.